The Labute approximate surface area is 159 Å². The fourth-order valence-corrected chi connectivity index (χ4v) is 4.36. The molecule has 1 amide bonds. The van der Waals surface area contributed by atoms with Crippen LogP contribution in [-0.4, -0.2) is 31.7 Å². The van der Waals surface area contributed by atoms with Gasteiger partial charge in [0.15, 0.2) is 0 Å². The molecule has 2 rings (SSSR count). The maximum absolute atomic E-state index is 12.7. The van der Waals surface area contributed by atoms with E-state index < -0.39 is 10.0 Å². The first-order valence-electron chi connectivity index (χ1n) is 8.22. The number of anilines is 1. The lowest BCUT2D eigenvalue weighted by molar-refractivity contribution is -0.111. The van der Waals surface area contributed by atoms with Crippen molar-refractivity contribution in [3.05, 3.63) is 65.2 Å². The molecule has 0 aromatic heterocycles. The van der Waals surface area contributed by atoms with E-state index in [1.807, 2.05) is 30.3 Å². The number of hydrogen-bond acceptors (Lipinski definition) is 3. The van der Waals surface area contributed by atoms with Gasteiger partial charge in [0.2, 0.25) is 15.9 Å². The fraction of sp³-hybridized carbons (Fsp3) is 0.211. The van der Waals surface area contributed by atoms with Gasteiger partial charge in [-0.2, -0.15) is 4.31 Å². The Morgan fingerprint density at radius 2 is 1.77 bits per heavy atom. The smallest absolute Gasteiger partial charge is 0.248 e. The first-order chi connectivity index (χ1) is 12.4. The quantitative estimate of drug-likeness (QED) is 0.723. The average molecular weight is 393 g/mol. The van der Waals surface area contributed by atoms with Crippen molar-refractivity contribution in [1.29, 1.82) is 0 Å². The van der Waals surface area contributed by atoms with Gasteiger partial charge in [0.05, 0.1) is 5.02 Å². The van der Waals surface area contributed by atoms with E-state index in [9.17, 15) is 13.2 Å². The largest absolute Gasteiger partial charge is 0.322 e. The molecule has 1 N–H and O–H groups in total. The third kappa shape index (κ3) is 4.94. The van der Waals surface area contributed by atoms with E-state index in [0.29, 0.717) is 18.8 Å². The van der Waals surface area contributed by atoms with Crippen molar-refractivity contribution in [3.63, 3.8) is 0 Å². The molecule has 2 aromatic rings. The number of carbonyl (C=O) groups is 1. The van der Waals surface area contributed by atoms with Gasteiger partial charge in [0, 0.05) is 24.9 Å². The fourth-order valence-electron chi connectivity index (χ4n) is 2.40. The summed E-state index contributed by atoms with van der Waals surface area (Å²) in [5.74, 6) is -0.359. The van der Waals surface area contributed by atoms with Crippen LogP contribution in [0.2, 0.25) is 5.02 Å². The lowest BCUT2D eigenvalue weighted by Gasteiger charge is -2.19. The van der Waals surface area contributed by atoms with Gasteiger partial charge in [-0.3, -0.25) is 4.79 Å². The molecule has 0 aliphatic carbocycles. The van der Waals surface area contributed by atoms with E-state index in [1.54, 1.807) is 26.0 Å². The number of nitrogens with zero attached hydrogens (tertiary/aromatic N) is 1. The third-order valence-corrected chi connectivity index (χ3v) is 6.28. The number of carbonyl (C=O) groups excluding carboxylic acids is 1. The Morgan fingerprint density at radius 1 is 1.12 bits per heavy atom. The van der Waals surface area contributed by atoms with Gasteiger partial charge in [-0.1, -0.05) is 55.8 Å². The topological polar surface area (TPSA) is 66.5 Å². The number of rotatable bonds is 7. The van der Waals surface area contributed by atoms with E-state index >= 15 is 0 Å². The molecule has 138 valence electrons. The molecule has 0 atom stereocenters. The zero-order chi connectivity index (χ0) is 19.2. The predicted molar refractivity (Wildman–Crippen MR) is 106 cm³/mol. The number of sulfonamides is 1. The summed E-state index contributed by atoms with van der Waals surface area (Å²) in [6, 6.07) is 13.8. The summed E-state index contributed by atoms with van der Waals surface area (Å²) >= 11 is 6.08. The van der Waals surface area contributed by atoms with Crippen LogP contribution in [-0.2, 0) is 14.8 Å². The first-order valence-corrected chi connectivity index (χ1v) is 10.0. The van der Waals surface area contributed by atoms with Crippen LogP contribution in [0.3, 0.4) is 0 Å². The molecule has 0 bridgehead atoms. The Kier molecular flexibility index (Phi) is 6.97. The second kappa shape index (κ2) is 8.98. The summed E-state index contributed by atoms with van der Waals surface area (Å²) in [5.41, 5.74) is 1.26. The summed E-state index contributed by atoms with van der Waals surface area (Å²) in [6.07, 6.45) is 3.07. The molecule has 0 aliphatic heterocycles. The van der Waals surface area contributed by atoms with E-state index in [2.05, 4.69) is 5.32 Å². The zero-order valence-corrected chi connectivity index (χ0v) is 16.2. The molecule has 26 heavy (non-hydrogen) atoms. The van der Waals surface area contributed by atoms with E-state index in [4.69, 9.17) is 11.6 Å². The summed E-state index contributed by atoms with van der Waals surface area (Å²) in [7, 11) is -3.71. The second-order valence-corrected chi connectivity index (χ2v) is 7.78. The molecule has 7 heteroatoms. The first kappa shape index (κ1) is 20.2. The molecule has 0 saturated carbocycles. The highest BCUT2D eigenvalue weighted by Crippen LogP contribution is 2.27. The summed E-state index contributed by atoms with van der Waals surface area (Å²) in [6.45, 7) is 4.20. The van der Waals surface area contributed by atoms with Crippen molar-refractivity contribution in [2.45, 2.75) is 18.7 Å². The van der Waals surface area contributed by atoms with Crippen LogP contribution in [0.15, 0.2) is 59.5 Å². The molecule has 0 saturated heterocycles. The van der Waals surface area contributed by atoms with E-state index in [0.717, 1.165) is 5.56 Å². The highest BCUT2D eigenvalue weighted by atomic mass is 35.5. The standard InChI is InChI=1S/C19H21ClN2O3S/c1-3-22(4-2)26(24,25)18-14-16(11-12-17(18)20)21-19(23)13-10-15-8-6-5-7-9-15/h5-14H,3-4H2,1-2H3,(H,21,23)/b13-10+. The summed E-state index contributed by atoms with van der Waals surface area (Å²) in [5, 5.41) is 2.78. The van der Waals surface area contributed by atoms with Crippen molar-refractivity contribution < 1.29 is 13.2 Å². The van der Waals surface area contributed by atoms with Crippen LogP contribution in [0.25, 0.3) is 6.08 Å². The number of hydrogen-bond donors (Lipinski definition) is 1. The van der Waals surface area contributed by atoms with Crippen LogP contribution < -0.4 is 5.32 Å². The molecular formula is C19H21ClN2O3S. The number of nitrogens with one attached hydrogen (secondary N) is 1. The third-order valence-electron chi connectivity index (χ3n) is 3.75. The van der Waals surface area contributed by atoms with Gasteiger partial charge in [-0.15, -0.1) is 0 Å². The highest BCUT2D eigenvalue weighted by Gasteiger charge is 2.24. The van der Waals surface area contributed by atoms with Crippen LogP contribution >= 0.6 is 11.6 Å². The number of benzene rings is 2. The van der Waals surface area contributed by atoms with Crippen LogP contribution in [0, 0.1) is 0 Å². The minimum Gasteiger partial charge on any atom is -0.322 e. The Morgan fingerprint density at radius 3 is 2.38 bits per heavy atom. The molecule has 0 radical (unpaired) electrons. The van der Waals surface area contributed by atoms with Gasteiger partial charge in [-0.25, -0.2) is 8.42 Å². The van der Waals surface area contributed by atoms with Gasteiger partial charge < -0.3 is 5.32 Å². The number of amides is 1. The van der Waals surface area contributed by atoms with Crippen LogP contribution in [0.4, 0.5) is 5.69 Å². The van der Waals surface area contributed by atoms with Crippen LogP contribution in [0.5, 0.6) is 0 Å². The van der Waals surface area contributed by atoms with Crippen molar-refractivity contribution in [2.75, 3.05) is 18.4 Å². The lowest BCUT2D eigenvalue weighted by Crippen LogP contribution is -2.30. The van der Waals surface area contributed by atoms with E-state index in [-0.39, 0.29) is 15.8 Å². The minimum atomic E-state index is -3.71. The lowest BCUT2D eigenvalue weighted by atomic mass is 10.2. The Balaban J connectivity index is 2.21. The molecule has 5 nitrogen and oxygen atoms in total. The molecule has 0 spiro atoms. The molecular weight excluding hydrogens is 372 g/mol. The van der Waals surface area contributed by atoms with Crippen molar-refractivity contribution in [2.24, 2.45) is 0 Å². The maximum Gasteiger partial charge on any atom is 0.248 e. The monoisotopic (exact) mass is 392 g/mol. The van der Waals surface area contributed by atoms with Crippen molar-refractivity contribution in [3.8, 4) is 0 Å². The van der Waals surface area contributed by atoms with E-state index in [1.165, 1.54) is 22.5 Å². The normalized spacial score (nSPS) is 11.8. The molecule has 2 aromatic carbocycles. The van der Waals surface area contributed by atoms with Crippen molar-refractivity contribution >= 4 is 39.3 Å². The van der Waals surface area contributed by atoms with Crippen LogP contribution in [0.1, 0.15) is 19.4 Å². The number of halogens is 1. The predicted octanol–water partition coefficient (Wildman–Crippen LogP) is 4.02. The minimum absolute atomic E-state index is 0.0206. The molecule has 0 heterocycles. The van der Waals surface area contributed by atoms with Crippen molar-refractivity contribution in [1.82, 2.24) is 4.31 Å². The summed E-state index contributed by atoms with van der Waals surface area (Å²) in [4.78, 5) is 12.1. The second-order valence-electron chi connectivity index (χ2n) is 5.47. The Bertz CT molecular complexity index is 892. The zero-order valence-electron chi connectivity index (χ0n) is 14.6. The van der Waals surface area contributed by atoms with Gasteiger partial charge in [0.25, 0.3) is 0 Å². The van der Waals surface area contributed by atoms with Gasteiger partial charge in [-0.05, 0) is 29.8 Å². The molecule has 0 unspecified atom stereocenters. The van der Waals surface area contributed by atoms with Gasteiger partial charge in [0.1, 0.15) is 4.90 Å². The average Bonchev–Trinajstić information content (AvgIpc) is 2.63. The summed E-state index contributed by atoms with van der Waals surface area (Å²) < 4.78 is 26.7. The highest BCUT2D eigenvalue weighted by molar-refractivity contribution is 7.89. The Hall–Kier alpha value is -2.15. The molecule has 0 fully saturated rings. The maximum atomic E-state index is 12.7. The van der Waals surface area contributed by atoms with Gasteiger partial charge >= 0.3 is 0 Å². The SMILES string of the molecule is CCN(CC)S(=O)(=O)c1cc(NC(=O)/C=C/c2ccccc2)ccc1Cl. The molecule has 0 aliphatic rings.